The molecular formula is C18H15F3N2O2. The van der Waals surface area contributed by atoms with E-state index in [1.165, 1.54) is 19.1 Å². The maximum Gasteiger partial charge on any atom is 0.471 e. The molecule has 1 aromatic heterocycles. The molecule has 4 nitrogen and oxygen atoms in total. The number of anilines is 1. The Morgan fingerprint density at radius 3 is 2.56 bits per heavy atom. The standard InChI is InChI=1S/C18H15F3N2O2/c1-3-23(17(24)18(19,20)21)12-8-9-14-15(10-12)25-16(22-14)13-7-5-4-6-11(13)2/h4-10H,3H2,1-2H3. The first kappa shape index (κ1) is 17.0. The molecule has 0 spiro atoms. The number of hydrogen-bond acceptors (Lipinski definition) is 3. The monoisotopic (exact) mass is 348 g/mol. The van der Waals surface area contributed by atoms with Crippen molar-refractivity contribution in [2.24, 2.45) is 0 Å². The number of nitrogens with zero attached hydrogens (tertiary/aromatic N) is 2. The van der Waals surface area contributed by atoms with E-state index in [9.17, 15) is 18.0 Å². The molecule has 3 rings (SSSR count). The highest BCUT2D eigenvalue weighted by Gasteiger charge is 2.42. The van der Waals surface area contributed by atoms with Gasteiger partial charge in [0.05, 0.1) is 0 Å². The van der Waals surface area contributed by atoms with E-state index in [-0.39, 0.29) is 12.2 Å². The van der Waals surface area contributed by atoms with Crippen LogP contribution in [0.15, 0.2) is 46.9 Å². The highest BCUT2D eigenvalue weighted by Crippen LogP contribution is 2.30. The zero-order valence-electron chi connectivity index (χ0n) is 13.6. The number of fused-ring (bicyclic) bond motifs is 1. The molecule has 0 saturated heterocycles. The number of benzene rings is 2. The van der Waals surface area contributed by atoms with Gasteiger partial charge in [-0.2, -0.15) is 13.2 Å². The van der Waals surface area contributed by atoms with Crippen molar-refractivity contribution in [2.45, 2.75) is 20.0 Å². The van der Waals surface area contributed by atoms with E-state index in [0.717, 1.165) is 11.1 Å². The lowest BCUT2D eigenvalue weighted by molar-refractivity contribution is -0.170. The number of hydrogen-bond donors (Lipinski definition) is 0. The average molecular weight is 348 g/mol. The Morgan fingerprint density at radius 1 is 1.20 bits per heavy atom. The number of oxazole rings is 1. The fourth-order valence-electron chi connectivity index (χ4n) is 2.61. The molecule has 0 fully saturated rings. The summed E-state index contributed by atoms with van der Waals surface area (Å²) < 4.78 is 43.9. The van der Waals surface area contributed by atoms with Gasteiger partial charge in [0.15, 0.2) is 5.58 Å². The van der Waals surface area contributed by atoms with E-state index in [1.807, 2.05) is 31.2 Å². The van der Waals surface area contributed by atoms with E-state index in [1.54, 1.807) is 6.07 Å². The molecule has 0 aliphatic heterocycles. The summed E-state index contributed by atoms with van der Waals surface area (Å²) in [7, 11) is 0. The lowest BCUT2D eigenvalue weighted by Crippen LogP contribution is -2.41. The Balaban J connectivity index is 2.03. The summed E-state index contributed by atoms with van der Waals surface area (Å²) in [6.45, 7) is 3.28. The molecule has 0 saturated carbocycles. The van der Waals surface area contributed by atoms with Crippen LogP contribution in [0.3, 0.4) is 0 Å². The first-order valence-corrected chi connectivity index (χ1v) is 7.66. The molecular weight excluding hydrogens is 333 g/mol. The van der Waals surface area contributed by atoms with Crippen LogP contribution in [0.1, 0.15) is 12.5 Å². The van der Waals surface area contributed by atoms with Gasteiger partial charge in [-0.1, -0.05) is 18.2 Å². The first-order chi connectivity index (χ1) is 11.8. The van der Waals surface area contributed by atoms with Crippen molar-refractivity contribution in [1.82, 2.24) is 4.98 Å². The summed E-state index contributed by atoms with van der Waals surface area (Å²) in [6.07, 6.45) is -4.93. The van der Waals surface area contributed by atoms with Crippen LogP contribution in [-0.2, 0) is 4.79 Å². The number of aromatic nitrogens is 1. The average Bonchev–Trinajstić information content (AvgIpc) is 2.98. The van der Waals surface area contributed by atoms with E-state index in [4.69, 9.17) is 4.42 Å². The van der Waals surface area contributed by atoms with E-state index in [2.05, 4.69) is 4.98 Å². The van der Waals surface area contributed by atoms with Gasteiger partial charge in [0.2, 0.25) is 5.89 Å². The van der Waals surface area contributed by atoms with Crippen molar-refractivity contribution >= 4 is 22.7 Å². The maximum absolute atomic E-state index is 12.7. The highest BCUT2D eigenvalue weighted by molar-refractivity contribution is 5.98. The van der Waals surface area contributed by atoms with Gasteiger partial charge >= 0.3 is 12.1 Å². The van der Waals surface area contributed by atoms with Gasteiger partial charge in [0, 0.05) is 23.9 Å². The maximum atomic E-state index is 12.7. The first-order valence-electron chi connectivity index (χ1n) is 7.66. The van der Waals surface area contributed by atoms with Gasteiger partial charge in [-0.15, -0.1) is 0 Å². The Kier molecular flexibility index (Phi) is 4.24. The molecule has 1 amide bonds. The van der Waals surface area contributed by atoms with Gasteiger partial charge in [0.1, 0.15) is 5.52 Å². The SMILES string of the molecule is CCN(C(=O)C(F)(F)F)c1ccc2nc(-c3ccccc3C)oc2c1. The largest absolute Gasteiger partial charge is 0.471 e. The molecule has 3 aromatic rings. The third-order valence-electron chi connectivity index (χ3n) is 3.86. The molecule has 0 aliphatic rings. The van der Waals surface area contributed by atoms with Gasteiger partial charge in [-0.25, -0.2) is 4.98 Å². The number of halogens is 3. The van der Waals surface area contributed by atoms with Crippen LogP contribution >= 0.6 is 0 Å². The minimum Gasteiger partial charge on any atom is -0.436 e. The van der Waals surface area contributed by atoms with Crippen LogP contribution in [0.25, 0.3) is 22.6 Å². The molecule has 2 aromatic carbocycles. The molecule has 1 heterocycles. The van der Waals surface area contributed by atoms with E-state index in [0.29, 0.717) is 21.9 Å². The van der Waals surface area contributed by atoms with Gasteiger partial charge in [-0.3, -0.25) is 4.79 Å². The van der Waals surface area contributed by atoms with Crippen molar-refractivity contribution < 1.29 is 22.4 Å². The molecule has 7 heteroatoms. The molecule has 0 bridgehead atoms. The molecule has 0 radical (unpaired) electrons. The number of alkyl halides is 3. The predicted octanol–water partition coefficient (Wildman–Crippen LogP) is 4.72. The fourth-order valence-corrected chi connectivity index (χ4v) is 2.61. The minimum absolute atomic E-state index is 0.108. The van der Waals surface area contributed by atoms with Crippen molar-refractivity contribution in [3.05, 3.63) is 48.0 Å². The van der Waals surface area contributed by atoms with Crippen LogP contribution in [0.4, 0.5) is 18.9 Å². The lowest BCUT2D eigenvalue weighted by atomic mass is 10.1. The molecule has 0 N–H and O–H groups in total. The summed E-state index contributed by atoms with van der Waals surface area (Å²) in [4.78, 5) is 16.6. The zero-order chi connectivity index (χ0) is 18.2. The topological polar surface area (TPSA) is 46.3 Å². The number of amides is 1. The van der Waals surface area contributed by atoms with Gasteiger partial charge in [0.25, 0.3) is 0 Å². The van der Waals surface area contributed by atoms with Crippen LogP contribution in [0.5, 0.6) is 0 Å². The minimum atomic E-state index is -4.93. The summed E-state index contributed by atoms with van der Waals surface area (Å²) in [5.74, 6) is -1.52. The molecule has 130 valence electrons. The predicted molar refractivity (Wildman–Crippen MR) is 88.3 cm³/mol. The van der Waals surface area contributed by atoms with Crippen molar-refractivity contribution in [3.63, 3.8) is 0 Å². The van der Waals surface area contributed by atoms with E-state index < -0.39 is 12.1 Å². The second-order valence-electron chi connectivity index (χ2n) is 5.53. The van der Waals surface area contributed by atoms with Crippen molar-refractivity contribution in [1.29, 1.82) is 0 Å². The fraction of sp³-hybridized carbons (Fsp3) is 0.222. The van der Waals surface area contributed by atoms with Crippen LogP contribution < -0.4 is 4.90 Å². The second-order valence-corrected chi connectivity index (χ2v) is 5.53. The summed E-state index contributed by atoms with van der Waals surface area (Å²) >= 11 is 0. The van der Waals surface area contributed by atoms with Crippen LogP contribution in [-0.4, -0.2) is 23.6 Å². The number of carbonyl (C=O) groups is 1. The third kappa shape index (κ3) is 3.22. The highest BCUT2D eigenvalue weighted by atomic mass is 19.4. The number of aryl methyl sites for hydroxylation is 1. The molecule has 0 atom stereocenters. The Labute approximate surface area is 141 Å². The van der Waals surface area contributed by atoms with Crippen LogP contribution in [0.2, 0.25) is 0 Å². The summed E-state index contributed by atoms with van der Waals surface area (Å²) in [5.41, 5.74) is 2.72. The van der Waals surface area contributed by atoms with E-state index >= 15 is 0 Å². The summed E-state index contributed by atoms with van der Waals surface area (Å²) in [5, 5.41) is 0. The Hall–Kier alpha value is -2.83. The molecule has 0 aliphatic carbocycles. The van der Waals surface area contributed by atoms with Crippen molar-refractivity contribution in [2.75, 3.05) is 11.4 Å². The second kappa shape index (κ2) is 6.23. The van der Waals surface area contributed by atoms with Crippen LogP contribution in [0, 0.1) is 6.92 Å². The Morgan fingerprint density at radius 2 is 1.92 bits per heavy atom. The smallest absolute Gasteiger partial charge is 0.436 e. The Bertz CT molecular complexity index is 931. The van der Waals surface area contributed by atoms with Gasteiger partial charge < -0.3 is 9.32 Å². The molecule has 0 unspecified atom stereocenters. The molecule has 25 heavy (non-hydrogen) atoms. The lowest BCUT2D eigenvalue weighted by Gasteiger charge is -2.21. The zero-order valence-corrected chi connectivity index (χ0v) is 13.6. The van der Waals surface area contributed by atoms with Gasteiger partial charge in [-0.05, 0) is 37.6 Å². The number of carbonyl (C=O) groups excluding carboxylic acids is 1. The number of rotatable bonds is 3. The quantitative estimate of drug-likeness (QED) is 0.688. The van der Waals surface area contributed by atoms with Crippen molar-refractivity contribution in [3.8, 4) is 11.5 Å². The third-order valence-corrected chi connectivity index (χ3v) is 3.86. The normalized spacial score (nSPS) is 11.7. The summed E-state index contributed by atoms with van der Waals surface area (Å²) in [6, 6.07) is 11.9.